The number of aliphatic hydroxyl groups is 1. The summed E-state index contributed by atoms with van der Waals surface area (Å²) in [5.74, 6) is 0.139. The van der Waals surface area contributed by atoms with E-state index in [1.807, 2.05) is 55.5 Å². The maximum Gasteiger partial charge on any atom is 0.259 e. The molecule has 12 nitrogen and oxygen atoms in total. The number of aromatic nitrogens is 1. The molecule has 1 unspecified atom stereocenters. The minimum atomic E-state index is -1.00. The molecule has 0 radical (unpaired) electrons. The van der Waals surface area contributed by atoms with Crippen molar-refractivity contribution in [2.75, 3.05) is 41.0 Å². The summed E-state index contributed by atoms with van der Waals surface area (Å²) in [4.78, 5) is 28.7. The lowest BCUT2D eigenvalue weighted by Crippen LogP contribution is -2.30. The molecule has 2 amide bonds. The van der Waals surface area contributed by atoms with Crippen molar-refractivity contribution in [1.82, 2.24) is 10.3 Å². The summed E-state index contributed by atoms with van der Waals surface area (Å²) in [6, 6.07) is 20.0. The Kier molecular flexibility index (Phi) is 11.1. The molecule has 1 atom stereocenters. The van der Waals surface area contributed by atoms with Crippen LogP contribution in [-0.2, 0) is 16.1 Å². The number of aliphatic hydroxyl groups excluding tert-OH is 1. The Morgan fingerprint density at radius 2 is 1.77 bits per heavy atom. The van der Waals surface area contributed by atoms with Gasteiger partial charge in [-0.2, -0.15) is 0 Å². The van der Waals surface area contributed by atoms with E-state index in [0.29, 0.717) is 66.6 Å². The summed E-state index contributed by atoms with van der Waals surface area (Å²) in [6.45, 7) is 4.26. The van der Waals surface area contributed by atoms with Crippen LogP contribution in [0.2, 0.25) is 0 Å². The van der Waals surface area contributed by atoms with E-state index < -0.39 is 6.23 Å². The van der Waals surface area contributed by atoms with Gasteiger partial charge in [-0.3, -0.25) is 14.9 Å². The van der Waals surface area contributed by atoms with Crippen molar-refractivity contribution in [3.05, 3.63) is 95.2 Å². The zero-order valence-corrected chi connectivity index (χ0v) is 26.0. The average molecular weight is 638 g/mol. The number of hydrogen-bond acceptors (Lipinski definition) is 10. The Bertz CT molecular complexity index is 1690. The summed E-state index contributed by atoms with van der Waals surface area (Å²) in [7, 11) is 0. The monoisotopic (exact) mass is 637 g/mol. The van der Waals surface area contributed by atoms with Gasteiger partial charge >= 0.3 is 0 Å². The summed E-state index contributed by atoms with van der Waals surface area (Å²) >= 11 is 0. The zero-order chi connectivity index (χ0) is 33.2. The van der Waals surface area contributed by atoms with Gasteiger partial charge in [0.05, 0.1) is 22.5 Å². The minimum absolute atomic E-state index is 0.0867. The molecule has 1 aliphatic rings. The Morgan fingerprint density at radius 1 is 1.06 bits per heavy atom. The van der Waals surface area contributed by atoms with Crippen LogP contribution in [0.15, 0.2) is 72.9 Å². The van der Waals surface area contributed by atoms with Crippen molar-refractivity contribution in [3.8, 4) is 16.9 Å². The molecular weight excluding hydrogens is 598 g/mol. The molecule has 1 aromatic heterocycles. The van der Waals surface area contributed by atoms with Gasteiger partial charge in [0.15, 0.2) is 0 Å². The van der Waals surface area contributed by atoms with E-state index in [1.54, 1.807) is 12.3 Å². The third kappa shape index (κ3) is 8.30. The normalized spacial score (nSPS) is 13.7. The van der Waals surface area contributed by atoms with Crippen LogP contribution in [0.4, 0.5) is 22.9 Å². The number of nitrogens with zero attached hydrogens (tertiary/aromatic N) is 1. The second-order valence-electron chi connectivity index (χ2n) is 11.1. The first-order valence-corrected chi connectivity index (χ1v) is 15.5. The van der Waals surface area contributed by atoms with E-state index in [-0.39, 0.29) is 23.4 Å². The molecule has 1 aliphatic heterocycles. The van der Waals surface area contributed by atoms with E-state index in [4.69, 9.17) is 10.1 Å². The molecular formula is C35H39N7O5. The third-order valence-electron chi connectivity index (χ3n) is 7.90. The fourth-order valence-corrected chi connectivity index (χ4v) is 5.34. The van der Waals surface area contributed by atoms with Crippen LogP contribution in [0.25, 0.3) is 11.1 Å². The van der Waals surface area contributed by atoms with Crippen molar-refractivity contribution < 1.29 is 24.5 Å². The van der Waals surface area contributed by atoms with Crippen LogP contribution in [-0.4, -0.2) is 59.5 Å². The number of nitrogens with one attached hydrogen (secondary N) is 6. The average Bonchev–Trinajstić information content (AvgIpc) is 3.09. The highest BCUT2D eigenvalue weighted by Gasteiger charge is 2.23. The van der Waals surface area contributed by atoms with Crippen molar-refractivity contribution in [2.24, 2.45) is 0 Å². The lowest BCUT2D eigenvalue weighted by Gasteiger charge is -2.26. The summed E-state index contributed by atoms with van der Waals surface area (Å²) in [5, 5.41) is 43.5. The number of anilines is 4. The maximum absolute atomic E-state index is 13.5. The molecule has 12 heteroatoms. The van der Waals surface area contributed by atoms with Crippen LogP contribution < -0.4 is 26.6 Å². The van der Waals surface area contributed by atoms with E-state index in [9.17, 15) is 19.8 Å². The minimum Gasteiger partial charge on any atom is -0.506 e. The number of ether oxygens (including phenoxy) is 1. The third-order valence-corrected chi connectivity index (χ3v) is 7.90. The number of carbonyl (C=O) groups is 2. The lowest BCUT2D eigenvalue weighted by atomic mass is 10.0. The number of aromatic hydroxyl groups is 1. The lowest BCUT2D eigenvalue weighted by molar-refractivity contribution is -0.105. The first-order chi connectivity index (χ1) is 22.9. The highest BCUT2D eigenvalue weighted by molar-refractivity contribution is 6.11. The summed E-state index contributed by atoms with van der Waals surface area (Å²) in [6.07, 6.45) is 3.84. The molecule has 0 bridgehead atoms. The molecule has 1 fully saturated rings. The molecule has 4 aromatic rings. The standard InChI is InChI=1S/C35H39N7O5/c1-2-37-33-28(18-36)32(41-27-13-15-47-16-14-27)29(20-38-33)35(46)42-26-10-7-24(8-11-26)23-5-3-22(4-6-23)19-39-34(45)25-9-12-31(44)30(17-25)40-21-43/h3-12,17-18,20-21,27,34,36,39,44-45H,2,13-16,19H2,1H3,(H,40,43)(H,42,46)(H2,37,38,41). The smallest absolute Gasteiger partial charge is 0.259 e. The molecule has 5 rings (SSSR count). The Hall–Kier alpha value is -5.30. The van der Waals surface area contributed by atoms with Gasteiger partial charge in [-0.05, 0) is 66.3 Å². The zero-order valence-electron chi connectivity index (χ0n) is 26.0. The second-order valence-corrected chi connectivity index (χ2v) is 11.1. The fourth-order valence-electron chi connectivity index (χ4n) is 5.34. The fraction of sp³-hybridized carbons (Fsp3) is 0.257. The van der Waals surface area contributed by atoms with Gasteiger partial charge in [0, 0.05) is 50.4 Å². The molecule has 0 spiro atoms. The number of pyridine rings is 1. The Labute approximate surface area is 273 Å². The van der Waals surface area contributed by atoms with Gasteiger partial charge in [0.25, 0.3) is 5.91 Å². The van der Waals surface area contributed by atoms with Crippen molar-refractivity contribution >= 4 is 41.4 Å². The summed E-state index contributed by atoms with van der Waals surface area (Å²) < 4.78 is 5.49. The van der Waals surface area contributed by atoms with E-state index in [0.717, 1.165) is 29.5 Å². The van der Waals surface area contributed by atoms with Gasteiger partial charge < -0.3 is 41.6 Å². The highest BCUT2D eigenvalue weighted by Crippen LogP contribution is 2.30. The van der Waals surface area contributed by atoms with E-state index in [2.05, 4.69) is 31.6 Å². The SMILES string of the molecule is CCNc1ncc(C(=O)Nc2ccc(-c3ccc(CNC(O)c4ccc(O)c(NC=O)c4)cc3)cc2)c(NC2CCOCC2)c1C=N. The number of benzene rings is 3. The van der Waals surface area contributed by atoms with Crippen molar-refractivity contribution in [2.45, 2.75) is 38.6 Å². The topological polar surface area (TPSA) is 181 Å². The molecule has 47 heavy (non-hydrogen) atoms. The van der Waals surface area contributed by atoms with E-state index in [1.165, 1.54) is 18.3 Å². The van der Waals surface area contributed by atoms with Crippen LogP contribution >= 0.6 is 0 Å². The predicted octanol–water partition coefficient (Wildman–Crippen LogP) is 5.08. The first kappa shape index (κ1) is 33.1. The van der Waals surface area contributed by atoms with Crippen LogP contribution in [0.1, 0.15) is 53.0 Å². The van der Waals surface area contributed by atoms with Crippen molar-refractivity contribution in [3.63, 3.8) is 0 Å². The molecule has 8 N–H and O–H groups in total. The molecule has 3 aromatic carbocycles. The number of amides is 2. The number of phenols is 1. The van der Waals surface area contributed by atoms with Crippen LogP contribution in [0.3, 0.4) is 0 Å². The second kappa shape index (κ2) is 15.8. The quantitative estimate of drug-likeness (QED) is 0.0405. The van der Waals surface area contributed by atoms with Gasteiger partial charge in [-0.15, -0.1) is 0 Å². The number of hydrogen-bond donors (Lipinski definition) is 8. The molecule has 2 heterocycles. The van der Waals surface area contributed by atoms with Crippen LogP contribution in [0, 0.1) is 5.41 Å². The molecule has 0 aliphatic carbocycles. The Balaban J connectivity index is 1.23. The Morgan fingerprint density at radius 3 is 2.43 bits per heavy atom. The van der Waals surface area contributed by atoms with Crippen LogP contribution in [0.5, 0.6) is 5.75 Å². The van der Waals surface area contributed by atoms with Gasteiger partial charge in [0.1, 0.15) is 17.8 Å². The number of rotatable bonds is 14. The number of carbonyl (C=O) groups excluding carboxylic acids is 2. The van der Waals surface area contributed by atoms with Gasteiger partial charge in [-0.1, -0.05) is 42.5 Å². The van der Waals surface area contributed by atoms with Crippen molar-refractivity contribution in [1.29, 1.82) is 5.41 Å². The number of phenolic OH excluding ortho intramolecular Hbond substituents is 1. The molecule has 244 valence electrons. The predicted molar refractivity (Wildman–Crippen MR) is 183 cm³/mol. The maximum atomic E-state index is 13.5. The van der Waals surface area contributed by atoms with Gasteiger partial charge in [0.2, 0.25) is 6.41 Å². The highest BCUT2D eigenvalue weighted by atomic mass is 16.5. The van der Waals surface area contributed by atoms with Gasteiger partial charge in [-0.25, -0.2) is 4.98 Å². The molecule has 0 saturated carbocycles. The summed E-state index contributed by atoms with van der Waals surface area (Å²) in [5.41, 5.74) is 5.71. The first-order valence-electron chi connectivity index (χ1n) is 15.5. The largest absolute Gasteiger partial charge is 0.506 e. The van der Waals surface area contributed by atoms with E-state index >= 15 is 0 Å². The molecule has 1 saturated heterocycles.